The van der Waals surface area contributed by atoms with Gasteiger partial charge in [0.05, 0.1) is 29.4 Å². The first-order valence-electron chi connectivity index (χ1n) is 11.3. The average molecular weight is 470 g/mol. The van der Waals surface area contributed by atoms with Crippen LogP contribution in [0.3, 0.4) is 0 Å². The van der Waals surface area contributed by atoms with Crippen LogP contribution in [0.15, 0.2) is 30.6 Å². The largest absolute Gasteiger partial charge is 0.495 e. The molecule has 0 saturated heterocycles. The van der Waals surface area contributed by atoms with Crippen molar-refractivity contribution in [1.29, 1.82) is 0 Å². The highest BCUT2D eigenvalue weighted by molar-refractivity contribution is 7.91. The minimum atomic E-state index is -3.57. The number of aromatic nitrogens is 5. The Bertz CT molecular complexity index is 1230. The molecule has 0 radical (unpaired) electrons. The second-order valence-corrected chi connectivity index (χ2v) is 11.3. The summed E-state index contributed by atoms with van der Waals surface area (Å²) in [5, 5.41) is 8.17. The summed E-state index contributed by atoms with van der Waals surface area (Å²) in [5.74, 6) is 1.65. The van der Waals surface area contributed by atoms with Gasteiger partial charge in [-0.15, -0.1) is 10.2 Å². The van der Waals surface area contributed by atoms with Gasteiger partial charge in [0.2, 0.25) is 0 Å². The van der Waals surface area contributed by atoms with Gasteiger partial charge in [-0.1, -0.05) is 25.5 Å². The number of sulfone groups is 1. The van der Waals surface area contributed by atoms with E-state index < -0.39 is 15.1 Å². The van der Waals surface area contributed by atoms with Crippen molar-refractivity contribution in [1.82, 2.24) is 24.7 Å². The zero-order valence-corrected chi connectivity index (χ0v) is 20.6. The maximum atomic E-state index is 13.5. The first kappa shape index (κ1) is 23.4. The van der Waals surface area contributed by atoms with Crippen molar-refractivity contribution in [2.75, 3.05) is 7.11 Å². The zero-order valence-electron chi connectivity index (χ0n) is 19.8. The Morgan fingerprint density at radius 3 is 2.48 bits per heavy atom. The summed E-state index contributed by atoms with van der Waals surface area (Å²) in [4.78, 5) is 8.66. The number of hydrogen-bond donors (Lipinski definition) is 0. The van der Waals surface area contributed by atoms with Crippen molar-refractivity contribution >= 4 is 9.84 Å². The Morgan fingerprint density at radius 2 is 1.88 bits per heavy atom. The van der Waals surface area contributed by atoms with Crippen LogP contribution < -0.4 is 4.74 Å². The summed E-state index contributed by atoms with van der Waals surface area (Å²) in [6.45, 7) is 7.44. The maximum absolute atomic E-state index is 13.5. The smallest absolute Gasteiger partial charge is 0.160 e. The van der Waals surface area contributed by atoms with Crippen LogP contribution in [-0.2, 0) is 15.6 Å². The first-order chi connectivity index (χ1) is 15.7. The summed E-state index contributed by atoms with van der Waals surface area (Å²) in [7, 11) is -1.95. The molecule has 1 aliphatic carbocycles. The fourth-order valence-electron chi connectivity index (χ4n) is 4.18. The molecule has 0 unspecified atom stereocenters. The summed E-state index contributed by atoms with van der Waals surface area (Å²) >= 11 is 0. The van der Waals surface area contributed by atoms with Gasteiger partial charge in [-0.3, -0.25) is 14.5 Å². The van der Waals surface area contributed by atoms with Crippen molar-refractivity contribution < 1.29 is 13.2 Å². The molecule has 1 fully saturated rings. The molecule has 33 heavy (non-hydrogen) atoms. The molecule has 0 amide bonds. The molecule has 8 nitrogen and oxygen atoms in total. The van der Waals surface area contributed by atoms with Gasteiger partial charge >= 0.3 is 0 Å². The van der Waals surface area contributed by atoms with E-state index in [2.05, 4.69) is 20.2 Å². The van der Waals surface area contributed by atoms with Crippen molar-refractivity contribution in [2.45, 2.75) is 69.8 Å². The molecule has 9 heteroatoms. The fourth-order valence-corrected chi connectivity index (χ4v) is 5.75. The van der Waals surface area contributed by atoms with Crippen LogP contribution in [0.25, 0.3) is 5.69 Å². The minimum Gasteiger partial charge on any atom is -0.495 e. The zero-order chi connectivity index (χ0) is 23.8. The molecule has 0 bridgehead atoms. The third-order valence-electron chi connectivity index (χ3n) is 6.74. The quantitative estimate of drug-likeness (QED) is 0.490. The molecular weight excluding hydrogens is 438 g/mol. The Hall–Kier alpha value is -2.81. The van der Waals surface area contributed by atoms with Crippen LogP contribution in [0.5, 0.6) is 5.75 Å². The van der Waals surface area contributed by atoms with Gasteiger partial charge in [-0.05, 0) is 45.2 Å². The summed E-state index contributed by atoms with van der Waals surface area (Å²) in [6.07, 6.45) is 6.51. The number of benzene rings is 1. The Balaban J connectivity index is 1.72. The van der Waals surface area contributed by atoms with Crippen LogP contribution in [-0.4, -0.2) is 45.5 Å². The second-order valence-electron chi connectivity index (χ2n) is 8.95. The summed E-state index contributed by atoms with van der Waals surface area (Å²) < 4.78 is 34.6. The Morgan fingerprint density at radius 1 is 1.12 bits per heavy atom. The Labute approximate surface area is 195 Å². The predicted octanol–water partition coefficient (Wildman–Crippen LogP) is 4.06. The van der Waals surface area contributed by atoms with Crippen LogP contribution in [0.1, 0.15) is 73.5 Å². The highest BCUT2D eigenvalue weighted by Crippen LogP contribution is 2.39. The normalized spacial score (nSPS) is 16.3. The SMILES string of the molecule is COc1cccc(C)c1-n1c(CS(=O)(=O)[C@@H](C)[C@H](C)c2cnc(C)cn2)nnc1C1CCC1. The first-order valence-corrected chi connectivity index (χ1v) is 13.0. The minimum absolute atomic E-state index is 0.213. The predicted molar refractivity (Wildman–Crippen MR) is 127 cm³/mol. The van der Waals surface area contributed by atoms with Crippen LogP contribution in [0, 0.1) is 13.8 Å². The van der Waals surface area contributed by atoms with E-state index in [0.29, 0.717) is 17.3 Å². The molecule has 1 aliphatic rings. The van der Waals surface area contributed by atoms with E-state index in [-0.39, 0.29) is 17.6 Å². The fraction of sp³-hybridized carbons (Fsp3) is 0.500. The van der Waals surface area contributed by atoms with E-state index in [1.807, 2.05) is 43.5 Å². The van der Waals surface area contributed by atoms with Gasteiger partial charge in [-0.2, -0.15) is 0 Å². The molecule has 0 spiro atoms. The van der Waals surface area contributed by atoms with E-state index in [9.17, 15) is 8.42 Å². The van der Waals surface area contributed by atoms with E-state index in [4.69, 9.17) is 4.74 Å². The van der Waals surface area contributed by atoms with Gasteiger partial charge in [0.15, 0.2) is 15.7 Å². The van der Waals surface area contributed by atoms with E-state index in [1.165, 1.54) is 0 Å². The van der Waals surface area contributed by atoms with Crippen LogP contribution >= 0.6 is 0 Å². The number of para-hydroxylation sites is 1. The standard InChI is InChI=1S/C24H31N5O3S/c1-15-8-6-11-21(32-5)23(15)29-22(27-28-24(29)19-9-7-10-19)14-33(30,31)18(4)17(3)20-13-25-16(2)12-26-20/h6,8,11-13,17-19H,7,9-10,14H2,1-5H3/t17-,18-/m0/s1. The lowest BCUT2D eigenvalue weighted by molar-refractivity contribution is 0.390. The highest BCUT2D eigenvalue weighted by atomic mass is 32.2. The monoisotopic (exact) mass is 469 g/mol. The molecule has 3 aromatic rings. The van der Waals surface area contributed by atoms with Gasteiger partial charge in [0.25, 0.3) is 0 Å². The van der Waals surface area contributed by atoms with E-state index in [1.54, 1.807) is 26.4 Å². The summed E-state index contributed by atoms with van der Waals surface area (Å²) in [5.41, 5.74) is 3.24. The van der Waals surface area contributed by atoms with Crippen LogP contribution in [0.2, 0.25) is 0 Å². The molecule has 176 valence electrons. The van der Waals surface area contributed by atoms with Crippen LogP contribution in [0.4, 0.5) is 0 Å². The van der Waals surface area contributed by atoms with Gasteiger partial charge < -0.3 is 4.74 Å². The lowest BCUT2D eigenvalue weighted by Gasteiger charge is -2.26. The van der Waals surface area contributed by atoms with Crippen molar-refractivity contribution in [3.8, 4) is 11.4 Å². The number of methoxy groups -OCH3 is 1. The molecule has 1 aromatic carbocycles. The average Bonchev–Trinajstić information content (AvgIpc) is 3.13. The molecular formula is C24H31N5O3S. The summed E-state index contributed by atoms with van der Waals surface area (Å²) in [6, 6.07) is 5.79. The number of nitrogens with zero attached hydrogens (tertiary/aromatic N) is 5. The third-order valence-corrected chi connectivity index (χ3v) is 8.94. The molecule has 2 atom stereocenters. The number of hydrogen-bond acceptors (Lipinski definition) is 7. The van der Waals surface area contributed by atoms with E-state index >= 15 is 0 Å². The highest BCUT2D eigenvalue weighted by Gasteiger charge is 2.34. The molecule has 1 saturated carbocycles. The van der Waals surface area contributed by atoms with E-state index in [0.717, 1.165) is 42.0 Å². The number of ether oxygens (including phenoxy) is 1. The van der Waals surface area contributed by atoms with Gasteiger partial charge in [-0.25, -0.2) is 8.42 Å². The third kappa shape index (κ3) is 4.51. The lowest BCUT2D eigenvalue weighted by atomic mass is 9.84. The van der Waals surface area contributed by atoms with Crippen molar-refractivity contribution in [3.05, 3.63) is 59.2 Å². The molecule has 2 heterocycles. The van der Waals surface area contributed by atoms with Crippen molar-refractivity contribution in [2.24, 2.45) is 0 Å². The topological polar surface area (TPSA) is 99.9 Å². The number of aryl methyl sites for hydroxylation is 2. The van der Waals surface area contributed by atoms with Gasteiger partial charge in [0, 0.05) is 24.2 Å². The molecule has 0 aliphatic heterocycles. The maximum Gasteiger partial charge on any atom is 0.160 e. The molecule has 2 aromatic heterocycles. The van der Waals surface area contributed by atoms with Crippen molar-refractivity contribution in [3.63, 3.8) is 0 Å². The number of rotatable bonds is 8. The Kier molecular flexibility index (Phi) is 6.52. The molecule has 4 rings (SSSR count). The lowest BCUT2D eigenvalue weighted by Crippen LogP contribution is -2.27. The van der Waals surface area contributed by atoms with Gasteiger partial charge in [0.1, 0.15) is 17.3 Å². The second kappa shape index (κ2) is 9.21. The molecule has 0 N–H and O–H groups in total.